The maximum absolute atomic E-state index is 12.6. The standard InChI is InChI=1S/C26H28N2O6S/c1-28(18-19-34-24-13-11-23(33-3)12-14-24)26(29)17-6-20-4-15-25(16-5-20)35(30,31)27-21-7-9-22(32-2)10-8-21/h4-17,27H,18-19H2,1-3H3/b17-6+. The van der Waals surface area contributed by atoms with Crippen molar-refractivity contribution in [1.29, 1.82) is 0 Å². The molecule has 3 aromatic rings. The molecule has 35 heavy (non-hydrogen) atoms. The highest BCUT2D eigenvalue weighted by atomic mass is 32.2. The molecule has 0 bridgehead atoms. The van der Waals surface area contributed by atoms with Crippen LogP contribution in [0.2, 0.25) is 0 Å². The zero-order chi connectivity index (χ0) is 25.3. The first kappa shape index (κ1) is 25.6. The minimum absolute atomic E-state index is 0.115. The van der Waals surface area contributed by atoms with Gasteiger partial charge in [-0.15, -0.1) is 0 Å². The molecule has 0 atom stereocenters. The Morgan fingerprint density at radius 3 is 1.97 bits per heavy atom. The van der Waals surface area contributed by atoms with Gasteiger partial charge in [0.05, 0.1) is 25.7 Å². The van der Waals surface area contributed by atoms with Crippen LogP contribution in [0.15, 0.2) is 83.8 Å². The topological polar surface area (TPSA) is 94.2 Å². The van der Waals surface area contributed by atoms with Crippen LogP contribution in [0, 0.1) is 0 Å². The van der Waals surface area contributed by atoms with Crippen molar-refractivity contribution in [2.24, 2.45) is 0 Å². The molecule has 9 heteroatoms. The number of hydrogen-bond donors (Lipinski definition) is 1. The molecular weight excluding hydrogens is 468 g/mol. The Morgan fingerprint density at radius 2 is 1.40 bits per heavy atom. The lowest BCUT2D eigenvalue weighted by molar-refractivity contribution is -0.125. The summed E-state index contributed by atoms with van der Waals surface area (Å²) in [6.45, 7) is 0.750. The van der Waals surface area contributed by atoms with Gasteiger partial charge in [0.2, 0.25) is 5.91 Å². The summed E-state index contributed by atoms with van der Waals surface area (Å²) in [6.07, 6.45) is 3.07. The van der Waals surface area contributed by atoms with Gasteiger partial charge in [-0.3, -0.25) is 9.52 Å². The fourth-order valence-corrected chi connectivity index (χ4v) is 4.07. The summed E-state index contributed by atoms with van der Waals surface area (Å²) < 4.78 is 43.6. The van der Waals surface area contributed by atoms with Crippen LogP contribution >= 0.6 is 0 Å². The van der Waals surface area contributed by atoms with Crippen LogP contribution < -0.4 is 18.9 Å². The monoisotopic (exact) mass is 496 g/mol. The maximum atomic E-state index is 12.6. The first-order valence-corrected chi connectivity index (χ1v) is 12.3. The van der Waals surface area contributed by atoms with E-state index in [4.69, 9.17) is 14.2 Å². The summed E-state index contributed by atoms with van der Waals surface area (Å²) in [4.78, 5) is 14.0. The molecule has 0 radical (unpaired) electrons. The maximum Gasteiger partial charge on any atom is 0.261 e. The van der Waals surface area contributed by atoms with Gasteiger partial charge in [-0.05, 0) is 72.3 Å². The van der Waals surface area contributed by atoms with Crippen LogP contribution in [0.3, 0.4) is 0 Å². The Bertz CT molecular complexity index is 1240. The van der Waals surface area contributed by atoms with Crippen LogP contribution in [-0.2, 0) is 14.8 Å². The number of nitrogens with zero attached hydrogens (tertiary/aromatic N) is 1. The molecule has 0 aliphatic carbocycles. The highest BCUT2D eigenvalue weighted by Gasteiger charge is 2.14. The number of likely N-dealkylation sites (N-methyl/N-ethyl adjacent to an activating group) is 1. The third kappa shape index (κ3) is 7.51. The predicted molar refractivity (Wildman–Crippen MR) is 135 cm³/mol. The Hall–Kier alpha value is -3.98. The van der Waals surface area contributed by atoms with Gasteiger partial charge in [-0.1, -0.05) is 12.1 Å². The van der Waals surface area contributed by atoms with E-state index in [9.17, 15) is 13.2 Å². The summed E-state index contributed by atoms with van der Waals surface area (Å²) >= 11 is 0. The largest absolute Gasteiger partial charge is 0.497 e. The number of ether oxygens (including phenoxy) is 3. The molecule has 0 saturated carbocycles. The third-order valence-corrected chi connectivity index (χ3v) is 6.48. The smallest absolute Gasteiger partial charge is 0.261 e. The molecule has 0 aliphatic rings. The SMILES string of the molecule is COc1ccc(NS(=O)(=O)c2ccc(/C=C/C(=O)N(C)CCOc3ccc(OC)cc3)cc2)cc1. The number of methoxy groups -OCH3 is 2. The molecule has 3 rings (SSSR count). The van der Waals surface area contributed by atoms with E-state index in [2.05, 4.69) is 4.72 Å². The second-order valence-electron chi connectivity index (χ2n) is 7.52. The number of hydrogen-bond acceptors (Lipinski definition) is 6. The van der Waals surface area contributed by atoms with Crippen molar-refractivity contribution in [1.82, 2.24) is 4.90 Å². The Labute approximate surface area is 205 Å². The van der Waals surface area contributed by atoms with Crippen molar-refractivity contribution in [2.75, 3.05) is 39.1 Å². The summed E-state index contributed by atoms with van der Waals surface area (Å²) in [5.41, 5.74) is 1.13. The molecule has 0 spiro atoms. The average molecular weight is 497 g/mol. The molecule has 8 nitrogen and oxygen atoms in total. The summed E-state index contributed by atoms with van der Waals surface area (Å²) in [5, 5.41) is 0. The van der Waals surface area contributed by atoms with Gasteiger partial charge in [0.25, 0.3) is 10.0 Å². The van der Waals surface area contributed by atoms with Gasteiger partial charge in [0, 0.05) is 18.8 Å². The van der Waals surface area contributed by atoms with Gasteiger partial charge in [0.1, 0.15) is 23.9 Å². The number of anilines is 1. The molecule has 0 aliphatic heterocycles. The Kier molecular flexibility index (Phi) is 8.74. The van der Waals surface area contributed by atoms with E-state index in [1.165, 1.54) is 23.1 Å². The number of carbonyl (C=O) groups excluding carboxylic acids is 1. The van der Waals surface area contributed by atoms with E-state index < -0.39 is 10.0 Å². The summed E-state index contributed by atoms with van der Waals surface area (Å²) in [6, 6.07) is 20.1. The highest BCUT2D eigenvalue weighted by Crippen LogP contribution is 2.20. The normalized spacial score (nSPS) is 11.2. The minimum atomic E-state index is -3.74. The number of sulfonamides is 1. The minimum Gasteiger partial charge on any atom is -0.497 e. The molecule has 1 N–H and O–H groups in total. The number of benzene rings is 3. The van der Waals surface area contributed by atoms with E-state index in [-0.39, 0.29) is 10.8 Å². The second kappa shape index (κ2) is 11.9. The zero-order valence-corrected chi connectivity index (χ0v) is 20.6. The number of carbonyl (C=O) groups is 1. The van der Waals surface area contributed by atoms with Gasteiger partial charge >= 0.3 is 0 Å². The van der Waals surface area contributed by atoms with Gasteiger partial charge in [-0.2, -0.15) is 0 Å². The lowest BCUT2D eigenvalue weighted by Crippen LogP contribution is -2.29. The average Bonchev–Trinajstić information content (AvgIpc) is 2.88. The van der Waals surface area contributed by atoms with E-state index in [0.29, 0.717) is 35.9 Å². The fraction of sp³-hybridized carbons (Fsp3) is 0.192. The van der Waals surface area contributed by atoms with E-state index in [1.807, 2.05) is 0 Å². The first-order chi connectivity index (χ1) is 16.8. The molecule has 3 aromatic carbocycles. The lowest BCUT2D eigenvalue weighted by atomic mass is 10.2. The molecule has 184 valence electrons. The molecule has 1 amide bonds. The van der Waals surface area contributed by atoms with E-state index in [1.54, 1.807) is 88.0 Å². The number of rotatable bonds is 11. The fourth-order valence-electron chi connectivity index (χ4n) is 3.01. The van der Waals surface area contributed by atoms with E-state index in [0.717, 1.165) is 5.75 Å². The molecule has 0 heterocycles. The lowest BCUT2D eigenvalue weighted by Gasteiger charge is -2.15. The van der Waals surface area contributed by atoms with Crippen molar-refractivity contribution in [3.8, 4) is 17.2 Å². The predicted octanol–water partition coefficient (Wildman–Crippen LogP) is 4.06. The summed E-state index contributed by atoms with van der Waals surface area (Å²) in [7, 11) is 1.08. The number of amides is 1. The van der Waals surface area contributed by atoms with Crippen LogP contribution in [0.25, 0.3) is 6.08 Å². The van der Waals surface area contributed by atoms with Crippen molar-refractivity contribution in [3.05, 3.63) is 84.4 Å². The Balaban J connectivity index is 1.51. The molecule has 0 saturated heterocycles. The van der Waals surface area contributed by atoms with Crippen molar-refractivity contribution >= 4 is 27.7 Å². The van der Waals surface area contributed by atoms with Crippen molar-refractivity contribution in [2.45, 2.75) is 4.90 Å². The van der Waals surface area contributed by atoms with Gasteiger partial charge in [0.15, 0.2) is 0 Å². The highest BCUT2D eigenvalue weighted by molar-refractivity contribution is 7.92. The Morgan fingerprint density at radius 1 is 0.857 bits per heavy atom. The third-order valence-electron chi connectivity index (χ3n) is 5.08. The zero-order valence-electron chi connectivity index (χ0n) is 19.8. The van der Waals surface area contributed by atoms with Gasteiger partial charge in [-0.25, -0.2) is 8.42 Å². The molecular formula is C26H28N2O6S. The quantitative estimate of drug-likeness (QED) is 0.403. The van der Waals surface area contributed by atoms with Crippen molar-refractivity contribution < 1.29 is 27.4 Å². The van der Waals surface area contributed by atoms with Crippen LogP contribution in [0.5, 0.6) is 17.2 Å². The van der Waals surface area contributed by atoms with Crippen LogP contribution in [0.1, 0.15) is 5.56 Å². The molecule has 0 aromatic heterocycles. The molecule has 0 fully saturated rings. The van der Waals surface area contributed by atoms with E-state index >= 15 is 0 Å². The second-order valence-corrected chi connectivity index (χ2v) is 9.20. The van der Waals surface area contributed by atoms with Gasteiger partial charge < -0.3 is 19.1 Å². The van der Waals surface area contributed by atoms with Crippen LogP contribution in [0.4, 0.5) is 5.69 Å². The molecule has 0 unspecified atom stereocenters. The first-order valence-electron chi connectivity index (χ1n) is 10.8. The summed E-state index contributed by atoms with van der Waals surface area (Å²) in [5.74, 6) is 1.88. The van der Waals surface area contributed by atoms with Crippen LogP contribution in [-0.4, -0.2) is 53.6 Å². The van der Waals surface area contributed by atoms with Crippen molar-refractivity contribution in [3.63, 3.8) is 0 Å². The number of nitrogens with one attached hydrogen (secondary N) is 1.